The lowest BCUT2D eigenvalue weighted by Crippen LogP contribution is -2.33. The quantitative estimate of drug-likeness (QED) is 0.709. The Morgan fingerprint density at radius 3 is 2.70 bits per heavy atom. The molecule has 0 saturated heterocycles. The number of carbonyl (C=O) groups excluding carboxylic acids is 1. The summed E-state index contributed by atoms with van der Waals surface area (Å²) in [4.78, 5) is 27.6. The number of nitrogens with zero attached hydrogens (tertiary/aromatic N) is 1. The number of carbonyl (C=O) groups is 1. The van der Waals surface area contributed by atoms with Gasteiger partial charge in [-0.05, 0) is 25.1 Å². The highest BCUT2D eigenvalue weighted by Crippen LogP contribution is 2.38. The molecular weight excluding hydrogens is 349 g/mol. The summed E-state index contributed by atoms with van der Waals surface area (Å²) in [6, 6.07) is 10.5. The fourth-order valence-corrected chi connectivity index (χ4v) is 3.57. The highest BCUT2D eigenvalue weighted by molar-refractivity contribution is 5.99. The van der Waals surface area contributed by atoms with Gasteiger partial charge in [-0.2, -0.15) is 0 Å². The molecule has 2 heterocycles. The number of benzene rings is 2. The van der Waals surface area contributed by atoms with E-state index in [-0.39, 0.29) is 35.5 Å². The maximum atomic E-state index is 14.6. The lowest BCUT2D eigenvalue weighted by molar-refractivity contribution is 0.0661. The van der Waals surface area contributed by atoms with Crippen molar-refractivity contribution in [2.75, 3.05) is 20.3 Å². The molecule has 2 aromatic carbocycles. The van der Waals surface area contributed by atoms with Crippen molar-refractivity contribution >= 4 is 16.9 Å². The monoisotopic (exact) mass is 367 g/mol. The number of hydrogen-bond acceptors (Lipinski definition) is 4. The van der Waals surface area contributed by atoms with Gasteiger partial charge in [-0.15, -0.1) is 0 Å². The van der Waals surface area contributed by atoms with Crippen LogP contribution < -0.4 is 5.43 Å². The summed E-state index contributed by atoms with van der Waals surface area (Å²) in [6.45, 7) is 2.35. The van der Waals surface area contributed by atoms with Crippen molar-refractivity contribution in [1.29, 1.82) is 0 Å². The average Bonchev–Trinajstić information content (AvgIpc) is 2.93. The Bertz CT molecular complexity index is 1110. The summed E-state index contributed by atoms with van der Waals surface area (Å²) in [5, 5.41) is 0.386. The predicted molar refractivity (Wildman–Crippen MR) is 98.4 cm³/mol. The Morgan fingerprint density at radius 2 is 1.96 bits per heavy atom. The molecule has 5 nitrogen and oxygen atoms in total. The molecule has 138 valence electrons. The first-order valence-electron chi connectivity index (χ1n) is 8.64. The minimum atomic E-state index is -0.843. The summed E-state index contributed by atoms with van der Waals surface area (Å²) in [5.74, 6) is -0.940. The molecule has 1 aromatic heterocycles. The fourth-order valence-electron chi connectivity index (χ4n) is 3.57. The zero-order chi connectivity index (χ0) is 19.1. The van der Waals surface area contributed by atoms with Gasteiger partial charge in [0.25, 0.3) is 5.91 Å². The van der Waals surface area contributed by atoms with Gasteiger partial charge in [0.1, 0.15) is 11.4 Å². The van der Waals surface area contributed by atoms with E-state index in [0.29, 0.717) is 11.0 Å². The van der Waals surface area contributed by atoms with Crippen LogP contribution in [0.5, 0.6) is 0 Å². The molecule has 6 heteroatoms. The van der Waals surface area contributed by atoms with Crippen molar-refractivity contribution < 1.29 is 18.3 Å². The van der Waals surface area contributed by atoms with Gasteiger partial charge in [0.15, 0.2) is 5.43 Å². The van der Waals surface area contributed by atoms with Crippen LogP contribution in [0.3, 0.4) is 0 Å². The van der Waals surface area contributed by atoms with Crippen LogP contribution in [0.1, 0.15) is 33.3 Å². The molecule has 0 N–H and O–H groups in total. The van der Waals surface area contributed by atoms with Crippen LogP contribution in [0.2, 0.25) is 0 Å². The molecule has 27 heavy (non-hydrogen) atoms. The van der Waals surface area contributed by atoms with E-state index in [0.717, 1.165) is 5.56 Å². The molecule has 1 aliphatic rings. The van der Waals surface area contributed by atoms with Crippen LogP contribution in [0, 0.1) is 12.7 Å². The van der Waals surface area contributed by atoms with Crippen LogP contribution in [0.15, 0.2) is 51.7 Å². The first kappa shape index (κ1) is 17.4. The lowest BCUT2D eigenvalue weighted by atomic mass is 9.98. The highest BCUT2D eigenvalue weighted by atomic mass is 19.1. The van der Waals surface area contributed by atoms with Gasteiger partial charge in [0.2, 0.25) is 5.76 Å². The topological polar surface area (TPSA) is 59.8 Å². The van der Waals surface area contributed by atoms with Gasteiger partial charge in [-0.1, -0.05) is 29.8 Å². The van der Waals surface area contributed by atoms with Crippen molar-refractivity contribution in [1.82, 2.24) is 4.90 Å². The standard InChI is InChI=1S/C21H18FNO4/c1-12-7-8-16-14(11-12)19(24)17-18(13-5-3-4-6-15(13)22)23(9-10-26-2)21(25)20(17)27-16/h3-8,11,18H,9-10H2,1-2H3/t18-/m1/s1. The number of rotatable bonds is 4. The summed E-state index contributed by atoms with van der Waals surface area (Å²) in [7, 11) is 1.52. The smallest absolute Gasteiger partial charge is 0.290 e. The second-order valence-electron chi connectivity index (χ2n) is 6.59. The first-order chi connectivity index (χ1) is 13.0. The third kappa shape index (κ3) is 2.73. The number of aryl methyl sites for hydroxylation is 1. The van der Waals surface area contributed by atoms with Gasteiger partial charge in [0.05, 0.1) is 23.6 Å². The van der Waals surface area contributed by atoms with E-state index in [1.807, 2.05) is 13.0 Å². The molecular formula is C21H18FNO4. The Labute approximate surface area is 155 Å². The van der Waals surface area contributed by atoms with E-state index >= 15 is 0 Å². The normalized spacial score (nSPS) is 16.2. The molecule has 1 atom stereocenters. The lowest BCUT2D eigenvalue weighted by Gasteiger charge is -2.25. The third-order valence-corrected chi connectivity index (χ3v) is 4.86. The van der Waals surface area contributed by atoms with Crippen molar-refractivity contribution in [3.8, 4) is 0 Å². The molecule has 1 aliphatic heterocycles. The zero-order valence-electron chi connectivity index (χ0n) is 15.0. The van der Waals surface area contributed by atoms with Gasteiger partial charge >= 0.3 is 0 Å². The molecule has 0 fully saturated rings. The summed E-state index contributed by atoms with van der Waals surface area (Å²) < 4.78 is 25.5. The SMILES string of the molecule is COCCN1C(=O)c2oc3ccc(C)cc3c(=O)c2[C@H]1c1ccccc1F. The molecule has 0 aliphatic carbocycles. The zero-order valence-corrected chi connectivity index (χ0v) is 15.0. The second kappa shape index (κ2) is 6.63. The Kier molecular flexibility index (Phi) is 4.28. The third-order valence-electron chi connectivity index (χ3n) is 4.86. The van der Waals surface area contributed by atoms with Crippen molar-refractivity contribution in [3.63, 3.8) is 0 Å². The number of fused-ring (bicyclic) bond motifs is 2. The maximum Gasteiger partial charge on any atom is 0.290 e. The van der Waals surface area contributed by atoms with Crippen LogP contribution >= 0.6 is 0 Å². The molecule has 0 radical (unpaired) electrons. The van der Waals surface area contributed by atoms with Crippen LogP contribution in [0.25, 0.3) is 11.0 Å². The maximum absolute atomic E-state index is 14.6. The van der Waals surface area contributed by atoms with E-state index in [2.05, 4.69) is 0 Å². The Hall–Kier alpha value is -2.99. The van der Waals surface area contributed by atoms with Crippen LogP contribution in [-0.4, -0.2) is 31.1 Å². The minimum Gasteiger partial charge on any atom is -0.450 e. The van der Waals surface area contributed by atoms with Gasteiger partial charge in [-0.3, -0.25) is 9.59 Å². The molecule has 0 bridgehead atoms. The first-order valence-corrected chi connectivity index (χ1v) is 8.64. The van der Waals surface area contributed by atoms with E-state index in [1.54, 1.807) is 30.3 Å². The van der Waals surface area contributed by atoms with Crippen molar-refractivity contribution in [3.05, 3.63) is 81.0 Å². The number of hydrogen-bond donors (Lipinski definition) is 0. The summed E-state index contributed by atoms with van der Waals surface area (Å²) in [5.41, 5.74) is 1.38. The van der Waals surface area contributed by atoms with E-state index in [4.69, 9.17) is 9.15 Å². The highest BCUT2D eigenvalue weighted by Gasteiger charge is 2.43. The van der Waals surface area contributed by atoms with Gasteiger partial charge in [0, 0.05) is 19.2 Å². The molecule has 1 amide bonds. The molecule has 0 spiro atoms. The molecule has 0 saturated carbocycles. The van der Waals surface area contributed by atoms with E-state index < -0.39 is 17.8 Å². The molecule has 0 unspecified atom stereocenters. The fraction of sp³-hybridized carbons (Fsp3) is 0.238. The predicted octanol–water partition coefficient (Wildman–Crippen LogP) is 3.43. The van der Waals surface area contributed by atoms with E-state index in [9.17, 15) is 14.0 Å². The van der Waals surface area contributed by atoms with Crippen LogP contribution in [0.4, 0.5) is 4.39 Å². The van der Waals surface area contributed by atoms with Gasteiger partial charge < -0.3 is 14.1 Å². The Morgan fingerprint density at radius 1 is 1.19 bits per heavy atom. The molecule has 3 aromatic rings. The summed E-state index contributed by atoms with van der Waals surface area (Å²) in [6.07, 6.45) is 0. The number of ether oxygens (including phenoxy) is 1. The van der Waals surface area contributed by atoms with Crippen LogP contribution in [-0.2, 0) is 4.74 Å². The second-order valence-corrected chi connectivity index (χ2v) is 6.59. The number of methoxy groups -OCH3 is 1. The Balaban J connectivity index is 2.00. The minimum absolute atomic E-state index is 0.0271. The average molecular weight is 367 g/mol. The van der Waals surface area contributed by atoms with Gasteiger partial charge in [-0.25, -0.2) is 4.39 Å². The largest absolute Gasteiger partial charge is 0.450 e. The number of halogens is 1. The summed E-state index contributed by atoms with van der Waals surface area (Å²) >= 11 is 0. The molecule has 4 rings (SSSR count). The number of amides is 1. The van der Waals surface area contributed by atoms with Crippen molar-refractivity contribution in [2.24, 2.45) is 0 Å². The van der Waals surface area contributed by atoms with E-state index in [1.165, 1.54) is 18.1 Å². The van der Waals surface area contributed by atoms with Crippen molar-refractivity contribution in [2.45, 2.75) is 13.0 Å².